The number of ether oxygens (including phenoxy) is 1. The number of methoxy groups -OCH3 is 1. The number of halogens is 4. The van der Waals surface area contributed by atoms with Gasteiger partial charge in [-0.2, -0.15) is 0 Å². The largest absolute Gasteiger partial charge is 0.504 e. The number of likely N-dealkylation sites (tertiary alicyclic amines) is 1. The number of hydrogen-bond acceptors (Lipinski definition) is 6. The predicted molar refractivity (Wildman–Crippen MR) is 173 cm³/mol. The Morgan fingerprint density at radius 1 is 0.978 bits per heavy atom. The molecule has 2 aromatic rings. The van der Waals surface area contributed by atoms with Crippen LogP contribution in [0.1, 0.15) is 56.4 Å². The van der Waals surface area contributed by atoms with Crippen LogP contribution >= 0.6 is 45.8 Å². The number of phenolic OH excluding ortho intramolecular Hbond substituents is 1. The summed E-state index contributed by atoms with van der Waals surface area (Å²) in [6.45, 7) is 0. The normalized spacial score (nSPS) is 33.2. The van der Waals surface area contributed by atoms with E-state index in [0.717, 1.165) is 49.1 Å². The van der Waals surface area contributed by atoms with Gasteiger partial charge in [0.2, 0.25) is 11.8 Å². The highest BCUT2D eigenvalue weighted by Crippen LogP contribution is 2.66. The van der Waals surface area contributed by atoms with Crippen LogP contribution in [-0.4, -0.2) is 56.5 Å². The minimum Gasteiger partial charge on any atom is -0.504 e. The molecule has 4 fully saturated rings. The molecule has 2 saturated carbocycles. The number of rotatable bonds is 4. The molecule has 45 heavy (non-hydrogen) atoms. The molecule has 6 atom stereocenters. The van der Waals surface area contributed by atoms with Crippen molar-refractivity contribution in [3.63, 3.8) is 0 Å². The van der Waals surface area contributed by atoms with E-state index in [0.29, 0.717) is 14.7 Å². The first-order valence-electron chi connectivity index (χ1n) is 15.1. The number of amides is 4. The number of fused-ring (bicyclic) bond motifs is 4. The highest BCUT2D eigenvalue weighted by atomic mass is 127. The lowest BCUT2D eigenvalue weighted by molar-refractivity contribution is -0.143. The molecule has 4 amide bonds. The second kappa shape index (κ2) is 10.9. The fourth-order valence-corrected chi connectivity index (χ4v) is 9.97. The maximum Gasteiger partial charge on any atom is 0.258 e. The Labute approximate surface area is 283 Å². The lowest BCUT2D eigenvalue weighted by Crippen LogP contribution is -2.60. The molecular weight excluding hydrogens is 737 g/mol. The van der Waals surface area contributed by atoms with Crippen molar-refractivity contribution in [2.75, 3.05) is 12.0 Å². The lowest BCUT2D eigenvalue weighted by atomic mass is 9.56. The Hall–Kier alpha value is -2.70. The van der Waals surface area contributed by atoms with Crippen LogP contribution in [0, 0.1) is 27.1 Å². The predicted octanol–water partition coefficient (Wildman–Crippen LogP) is 6.04. The molecule has 2 aliphatic heterocycles. The first-order chi connectivity index (χ1) is 21.4. The number of benzene rings is 2. The number of phenols is 1. The topological polar surface area (TPSA) is 104 Å². The molecule has 0 spiro atoms. The lowest BCUT2D eigenvalue weighted by Gasteiger charge is -2.50. The third kappa shape index (κ3) is 4.26. The number of aromatic hydroxyl groups is 1. The molecule has 2 saturated heterocycles. The van der Waals surface area contributed by atoms with Crippen molar-refractivity contribution in [3.05, 3.63) is 63.0 Å². The molecule has 1 N–H and O–H groups in total. The Morgan fingerprint density at radius 2 is 1.67 bits per heavy atom. The number of alkyl halides is 2. The summed E-state index contributed by atoms with van der Waals surface area (Å²) in [7, 11) is 1.40. The molecule has 8 nitrogen and oxygen atoms in total. The zero-order valence-electron chi connectivity index (χ0n) is 24.3. The second-order valence-electron chi connectivity index (χ2n) is 12.6. The number of imide groups is 2. The summed E-state index contributed by atoms with van der Waals surface area (Å²) in [5, 5.41) is 10.6. The van der Waals surface area contributed by atoms with Crippen LogP contribution in [0.5, 0.6) is 11.5 Å². The van der Waals surface area contributed by atoms with Gasteiger partial charge in [0.1, 0.15) is 5.82 Å². The molecule has 0 aromatic heterocycles. The molecule has 3 aliphatic carbocycles. The van der Waals surface area contributed by atoms with E-state index >= 15 is 0 Å². The van der Waals surface area contributed by atoms with Crippen molar-refractivity contribution in [2.24, 2.45) is 17.8 Å². The van der Waals surface area contributed by atoms with Crippen LogP contribution in [0.4, 0.5) is 10.1 Å². The number of hydrogen-bond donors (Lipinski definition) is 1. The number of carbonyl (C=O) groups excluding carboxylic acids is 4. The average molecular weight is 767 g/mol. The van der Waals surface area contributed by atoms with Crippen LogP contribution in [0.3, 0.4) is 0 Å². The molecule has 2 heterocycles. The fourth-order valence-electron chi connectivity index (χ4n) is 8.41. The maximum absolute atomic E-state index is 14.5. The van der Waals surface area contributed by atoms with Crippen molar-refractivity contribution in [1.29, 1.82) is 0 Å². The van der Waals surface area contributed by atoms with Gasteiger partial charge in [-0.1, -0.05) is 30.9 Å². The standard InChI is InChI=1S/C33H30Cl2FIN2O6/c1-45-24-14-16(13-23(37)27(24)40)26-20-11-12-21-25(29(42)38(28(21)41)18-5-3-2-4-6-18)22(20)15-32(34)30(43)39(31(44)33(26,32)35)19-9-7-17(36)8-10-19/h7-11,13-14,18,21-22,25-26,40H,2-6,12,15H2,1H3/t21-,22+,25-,26-,32+,33-/m0/s1. The van der Waals surface area contributed by atoms with Crippen LogP contribution in [0.15, 0.2) is 48.0 Å². The summed E-state index contributed by atoms with van der Waals surface area (Å²) in [4.78, 5) is 55.2. The van der Waals surface area contributed by atoms with Crippen molar-refractivity contribution < 1.29 is 33.4 Å². The summed E-state index contributed by atoms with van der Waals surface area (Å²) in [5.74, 6) is -5.58. The van der Waals surface area contributed by atoms with Crippen molar-refractivity contribution in [2.45, 2.75) is 66.7 Å². The number of anilines is 1. The van der Waals surface area contributed by atoms with Crippen LogP contribution in [-0.2, 0) is 19.2 Å². The highest BCUT2D eigenvalue weighted by molar-refractivity contribution is 14.1. The van der Waals surface area contributed by atoms with Gasteiger partial charge in [0.15, 0.2) is 21.2 Å². The quantitative estimate of drug-likeness (QED) is 0.176. The maximum atomic E-state index is 14.5. The molecule has 2 aromatic carbocycles. The summed E-state index contributed by atoms with van der Waals surface area (Å²) in [6.07, 6.45) is 6.51. The molecule has 7 rings (SSSR count). The first-order valence-corrected chi connectivity index (χ1v) is 16.9. The Balaban J connectivity index is 1.40. The van der Waals surface area contributed by atoms with Gasteiger partial charge in [-0.25, -0.2) is 9.29 Å². The van der Waals surface area contributed by atoms with Crippen molar-refractivity contribution in [1.82, 2.24) is 4.90 Å². The van der Waals surface area contributed by atoms with E-state index in [1.54, 1.807) is 12.1 Å². The summed E-state index contributed by atoms with van der Waals surface area (Å²) in [5.41, 5.74) is 1.23. The van der Waals surface area contributed by atoms with Crippen molar-refractivity contribution >= 4 is 75.1 Å². The van der Waals surface area contributed by atoms with E-state index in [1.807, 2.05) is 28.7 Å². The average Bonchev–Trinajstić information content (AvgIpc) is 3.37. The third-order valence-corrected chi connectivity index (χ3v) is 12.7. The zero-order chi connectivity index (χ0) is 32.0. The van der Waals surface area contributed by atoms with Gasteiger partial charge < -0.3 is 9.84 Å². The van der Waals surface area contributed by atoms with Gasteiger partial charge >= 0.3 is 0 Å². The summed E-state index contributed by atoms with van der Waals surface area (Å²) < 4.78 is 19.7. The van der Waals surface area contributed by atoms with Crippen LogP contribution in [0.2, 0.25) is 0 Å². The van der Waals surface area contributed by atoms with E-state index in [2.05, 4.69) is 0 Å². The molecule has 0 radical (unpaired) electrons. The van der Waals surface area contributed by atoms with E-state index in [1.165, 1.54) is 24.1 Å². The minimum atomic E-state index is -2.06. The number of allylic oxidation sites excluding steroid dienone is 2. The van der Waals surface area contributed by atoms with Crippen LogP contribution in [0.25, 0.3) is 0 Å². The zero-order valence-corrected chi connectivity index (χ0v) is 27.9. The Morgan fingerprint density at radius 3 is 2.33 bits per heavy atom. The molecule has 0 unspecified atom stereocenters. The van der Waals surface area contributed by atoms with Gasteiger partial charge in [0.05, 0.1) is 28.2 Å². The number of nitrogens with zero attached hydrogens (tertiary/aromatic N) is 2. The number of carbonyl (C=O) groups is 4. The molecule has 236 valence electrons. The highest BCUT2D eigenvalue weighted by Gasteiger charge is 2.76. The van der Waals surface area contributed by atoms with Gasteiger partial charge in [0, 0.05) is 12.0 Å². The SMILES string of the molecule is COc1cc([C@H]2C3=CC[C@@H]4C(=O)N(C5CCCCC5)C(=O)[C@@H]4[C@@H]3C[C@@]3(Cl)C(=O)N(c4ccc(F)cc4)C(=O)[C@@]23Cl)cc(I)c1O. The molecule has 0 bridgehead atoms. The van der Waals surface area contributed by atoms with E-state index in [-0.39, 0.29) is 47.9 Å². The molecule has 12 heteroatoms. The Kier molecular flexibility index (Phi) is 7.52. The van der Waals surface area contributed by atoms with E-state index in [9.17, 15) is 28.7 Å². The van der Waals surface area contributed by atoms with E-state index < -0.39 is 51.1 Å². The van der Waals surface area contributed by atoms with E-state index in [4.69, 9.17) is 27.9 Å². The third-order valence-electron chi connectivity index (χ3n) is 10.5. The van der Waals surface area contributed by atoms with Gasteiger partial charge in [0.25, 0.3) is 11.8 Å². The fraction of sp³-hybridized carbons (Fsp3) is 0.455. The molecule has 5 aliphatic rings. The van der Waals surface area contributed by atoms with Gasteiger partial charge in [-0.15, -0.1) is 23.2 Å². The summed E-state index contributed by atoms with van der Waals surface area (Å²) in [6, 6.07) is 7.97. The van der Waals surface area contributed by atoms with Gasteiger partial charge in [-0.05, 0) is 96.2 Å². The Bertz CT molecular complexity index is 1680. The smallest absolute Gasteiger partial charge is 0.258 e. The second-order valence-corrected chi connectivity index (χ2v) is 15.0. The summed E-state index contributed by atoms with van der Waals surface area (Å²) >= 11 is 16.8. The van der Waals surface area contributed by atoms with Crippen molar-refractivity contribution in [3.8, 4) is 11.5 Å². The minimum absolute atomic E-state index is 0.103. The van der Waals surface area contributed by atoms with Crippen LogP contribution < -0.4 is 9.64 Å². The monoisotopic (exact) mass is 766 g/mol. The molecular formula is C33H30Cl2FIN2O6. The van der Waals surface area contributed by atoms with Gasteiger partial charge in [-0.3, -0.25) is 24.1 Å². The first kappa shape index (κ1) is 30.9.